The van der Waals surface area contributed by atoms with Crippen molar-refractivity contribution in [3.63, 3.8) is 0 Å². The molecule has 1 fully saturated rings. The molecule has 0 aliphatic carbocycles. The van der Waals surface area contributed by atoms with E-state index >= 15 is 0 Å². The number of hydrogen-bond donors (Lipinski definition) is 0. The molecule has 0 bridgehead atoms. The predicted octanol–water partition coefficient (Wildman–Crippen LogP) is 2.37. The summed E-state index contributed by atoms with van der Waals surface area (Å²) in [6.45, 7) is 5.83. The Morgan fingerprint density at radius 2 is 2.24 bits per heavy atom. The van der Waals surface area contributed by atoms with Gasteiger partial charge < -0.3 is 9.26 Å². The molecule has 6 nitrogen and oxygen atoms in total. The minimum atomic E-state index is 0.332. The molecule has 0 amide bonds. The molecule has 1 saturated heterocycles. The number of likely N-dealkylation sites (tertiary alicyclic amines) is 1. The van der Waals surface area contributed by atoms with Crippen LogP contribution in [0.15, 0.2) is 10.6 Å². The van der Waals surface area contributed by atoms with E-state index in [0.29, 0.717) is 6.04 Å². The topological polar surface area (TPSA) is 56.3 Å². The third-order valence-electron chi connectivity index (χ3n) is 4.14. The lowest BCUT2D eigenvalue weighted by Crippen LogP contribution is -2.23. The fraction of sp³-hybridized carbons (Fsp3) is 0.600. The summed E-state index contributed by atoms with van der Waals surface area (Å²) in [4.78, 5) is 2.42. The minimum Gasteiger partial charge on any atom is -0.481 e. The summed E-state index contributed by atoms with van der Waals surface area (Å²) in [6.07, 6.45) is 2.30. The standard InChI is InChI=1S/C15H22N4O2/c1-10-8-12(21-17-10)9-19-7-5-6-13(19)14-11(2)16-18(3)15(14)20-4/h8,13H,5-7,9H2,1-4H3. The molecule has 1 aliphatic heterocycles. The van der Waals surface area contributed by atoms with Crippen molar-refractivity contribution < 1.29 is 9.26 Å². The molecule has 1 atom stereocenters. The van der Waals surface area contributed by atoms with Crippen LogP contribution >= 0.6 is 0 Å². The Bertz CT molecular complexity index is 632. The normalized spacial score (nSPS) is 19.3. The molecule has 0 aromatic carbocycles. The summed E-state index contributed by atoms with van der Waals surface area (Å²) in [5.41, 5.74) is 3.17. The van der Waals surface area contributed by atoms with Gasteiger partial charge in [0.1, 0.15) is 0 Å². The number of aryl methyl sites for hydroxylation is 3. The molecule has 2 aromatic rings. The molecule has 2 aromatic heterocycles. The van der Waals surface area contributed by atoms with Crippen LogP contribution in [-0.2, 0) is 13.6 Å². The van der Waals surface area contributed by atoms with Crippen LogP contribution in [0.1, 0.15) is 41.6 Å². The summed E-state index contributed by atoms with van der Waals surface area (Å²) in [5, 5.41) is 8.47. The number of hydrogen-bond acceptors (Lipinski definition) is 5. The smallest absolute Gasteiger partial charge is 0.216 e. The van der Waals surface area contributed by atoms with Gasteiger partial charge >= 0.3 is 0 Å². The fourth-order valence-corrected chi connectivity index (χ4v) is 3.31. The first-order valence-corrected chi connectivity index (χ1v) is 7.34. The van der Waals surface area contributed by atoms with Gasteiger partial charge in [0.05, 0.1) is 30.6 Å². The van der Waals surface area contributed by atoms with Gasteiger partial charge in [-0.1, -0.05) is 5.16 Å². The molecule has 0 saturated carbocycles. The Hall–Kier alpha value is -1.82. The first-order chi connectivity index (χ1) is 10.1. The monoisotopic (exact) mass is 290 g/mol. The molecular formula is C15H22N4O2. The zero-order valence-electron chi connectivity index (χ0n) is 13.1. The van der Waals surface area contributed by atoms with Crippen molar-refractivity contribution in [3.05, 3.63) is 28.8 Å². The summed E-state index contributed by atoms with van der Waals surface area (Å²) in [6, 6.07) is 2.34. The maximum absolute atomic E-state index is 5.55. The highest BCUT2D eigenvalue weighted by Crippen LogP contribution is 2.39. The predicted molar refractivity (Wildman–Crippen MR) is 78.1 cm³/mol. The van der Waals surface area contributed by atoms with E-state index in [1.165, 1.54) is 12.0 Å². The average Bonchev–Trinajstić information content (AvgIpc) is 3.10. The summed E-state index contributed by atoms with van der Waals surface area (Å²) < 4.78 is 12.7. The number of aromatic nitrogens is 3. The van der Waals surface area contributed by atoms with E-state index in [-0.39, 0.29) is 0 Å². The van der Waals surface area contributed by atoms with Crippen molar-refractivity contribution in [2.75, 3.05) is 13.7 Å². The zero-order valence-corrected chi connectivity index (χ0v) is 13.1. The van der Waals surface area contributed by atoms with Crippen LogP contribution in [0.4, 0.5) is 0 Å². The van der Waals surface area contributed by atoms with E-state index in [1.807, 2.05) is 31.6 Å². The summed E-state index contributed by atoms with van der Waals surface area (Å²) >= 11 is 0. The number of ether oxygens (including phenoxy) is 1. The highest BCUT2D eigenvalue weighted by Gasteiger charge is 2.32. The second kappa shape index (κ2) is 5.52. The molecule has 0 N–H and O–H groups in total. The third kappa shape index (κ3) is 2.55. The molecule has 3 heterocycles. The Morgan fingerprint density at radius 3 is 2.90 bits per heavy atom. The van der Waals surface area contributed by atoms with Gasteiger partial charge in [-0.2, -0.15) is 5.10 Å². The molecule has 114 valence electrons. The van der Waals surface area contributed by atoms with Crippen LogP contribution in [0.25, 0.3) is 0 Å². The van der Waals surface area contributed by atoms with E-state index in [1.54, 1.807) is 7.11 Å². The van der Waals surface area contributed by atoms with Gasteiger partial charge in [0.25, 0.3) is 0 Å². The molecule has 1 unspecified atom stereocenters. The zero-order chi connectivity index (χ0) is 15.0. The van der Waals surface area contributed by atoms with Gasteiger partial charge in [-0.15, -0.1) is 0 Å². The van der Waals surface area contributed by atoms with Crippen molar-refractivity contribution in [3.8, 4) is 5.88 Å². The average molecular weight is 290 g/mol. The Labute approximate surface area is 124 Å². The molecule has 6 heteroatoms. The van der Waals surface area contributed by atoms with E-state index in [2.05, 4.69) is 15.2 Å². The molecule has 1 aliphatic rings. The Kier molecular flexibility index (Phi) is 3.71. The van der Waals surface area contributed by atoms with Crippen LogP contribution in [0, 0.1) is 13.8 Å². The largest absolute Gasteiger partial charge is 0.481 e. The van der Waals surface area contributed by atoms with Crippen molar-refractivity contribution >= 4 is 0 Å². The first-order valence-electron chi connectivity index (χ1n) is 7.34. The fourth-order valence-electron chi connectivity index (χ4n) is 3.31. The van der Waals surface area contributed by atoms with E-state index in [9.17, 15) is 0 Å². The third-order valence-corrected chi connectivity index (χ3v) is 4.14. The van der Waals surface area contributed by atoms with Crippen molar-refractivity contribution in [2.24, 2.45) is 7.05 Å². The van der Waals surface area contributed by atoms with Crippen LogP contribution in [0.5, 0.6) is 5.88 Å². The van der Waals surface area contributed by atoms with Gasteiger partial charge in [0.2, 0.25) is 5.88 Å². The number of rotatable bonds is 4. The summed E-state index contributed by atoms with van der Waals surface area (Å²) in [5.74, 6) is 1.78. The molecule has 3 rings (SSSR count). The van der Waals surface area contributed by atoms with Gasteiger partial charge in [-0.3, -0.25) is 4.90 Å². The maximum atomic E-state index is 5.55. The number of methoxy groups -OCH3 is 1. The Morgan fingerprint density at radius 1 is 1.43 bits per heavy atom. The van der Waals surface area contributed by atoms with Crippen LogP contribution in [0.2, 0.25) is 0 Å². The Balaban J connectivity index is 1.87. The molecular weight excluding hydrogens is 268 g/mol. The number of nitrogens with zero attached hydrogens (tertiary/aromatic N) is 4. The van der Waals surface area contributed by atoms with Crippen molar-refractivity contribution in [1.29, 1.82) is 0 Å². The minimum absolute atomic E-state index is 0.332. The quantitative estimate of drug-likeness (QED) is 0.865. The lowest BCUT2D eigenvalue weighted by Gasteiger charge is -2.23. The van der Waals surface area contributed by atoms with Gasteiger partial charge in [-0.25, -0.2) is 4.68 Å². The van der Waals surface area contributed by atoms with E-state index in [4.69, 9.17) is 9.26 Å². The molecule has 0 radical (unpaired) electrons. The van der Waals surface area contributed by atoms with E-state index in [0.717, 1.165) is 42.5 Å². The van der Waals surface area contributed by atoms with Crippen LogP contribution in [-0.4, -0.2) is 33.5 Å². The summed E-state index contributed by atoms with van der Waals surface area (Å²) in [7, 11) is 3.63. The highest BCUT2D eigenvalue weighted by atomic mass is 16.5. The van der Waals surface area contributed by atoms with Gasteiger partial charge in [0, 0.05) is 19.2 Å². The second-order valence-corrected chi connectivity index (χ2v) is 5.70. The SMILES string of the molecule is COc1c(C2CCCN2Cc2cc(C)no2)c(C)nn1C. The van der Waals surface area contributed by atoms with E-state index < -0.39 is 0 Å². The van der Waals surface area contributed by atoms with Crippen LogP contribution < -0.4 is 4.74 Å². The lowest BCUT2D eigenvalue weighted by atomic mass is 10.0. The van der Waals surface area contributed by atoms with Gasteiger partial charge in [-0.05, 0) is 33.2 Å². The second-order valence-electron chi connectivity index (χ2n) is 5.70. The van der Waals surface area contributed by atoms with Crippen molar-refractivity contribution in [1.82, 2.24) is 19.8 Å². The maximum Gasteiger partial charge on any atom is 0.216 e. The molecule has 21 heavy (non-hydrogen) atoms. The highest BCUT2D eigenvalue weighted by molar-refractivity contribution is 5.35. The molecule has 0 spiro atoms. The first kappa shape index (κ1) is 14.1. The van der Waals surface area contributed by atoms with Gasteiger partial charge in [0.15, 0.2) is 5.76 Å². The van der Waals surface area contributed by atoms with Crippen LogP contribution in [0.3, 0.4) is 0 Å². The lowest BCUT2D eigenvalue weighted by molar-refractivity contribution is 0.212. The van der Waals surface area contributed by atoms with Crippen molar-refractivity contribution in [2.45, 2.75) is 39.3 Å².